The Morgan fingerprint density at radius 2 is 2.09 bits per heavy atom. The maximum atomic E-state index is 12.8. The van der Waals surface area contributed by atoms with E-state index < -0.39 is 0 Å². The molecule has 2 aliphatic heterocycles. The van der Waals surface area contributed by atoms with Crippen LogP contribution in [-0.2, 0) is 0 Å². The Morgan fingerprint density at radius 1 is 1.27 bits per heavy atom. The summed E-state index contributed by atoms with van der Waals surface area (Å²) in [7, 11) is 0. The normalized spacial score (nSPS) is 24.1. The molecule has 2 aromatic rings. The van der Waals surface area contributed by atoms with Gasteiger partial charge in [-0.3, -0.25) is 9.89 Å². The number of H-pyrrole nitrogens is 1. The number of aromatic amines is 1. The van der Waals surface area contributed by atoms with Crippen LogP contribution in [0.4, 0.5) is 0 Å². The van der Waals surface area contributed by atoms with Gasteiger partial charge in [-0.05, 0) is 37.5 Å². The van der Waals surface area contributed by atoms with Gasteiger partial charge < -0.3 is 10.2 Å². The summed E-state index contributed by atoms with van der Waals surface area (Å²) in [5.41, 5.74) is 1.43. The van der Waals surface area contributed by atoms with E-state index in [2.05, 4.69) is 31.4 Å². The summed E-state index contributed by atoms with van der Waals surface area (Å²) in [4.78, 5) is 14.8. The first-order valence-corrected chi connectivity index (χ1v) is 8.19. The van der Waals surface area contributed by atoms with Crippen molar-refractivity contribution in [3.05, 3.63) is 28.4 Å². The molecule has 0 saturated carbocycles. The Hall–Kier alpha value is -1.11. The topological polar surface area (TPSA) is 61.0 Å². The molecule has 2 bridgehead atoms. The summed E-state index contributed by atoms with van der Waals surface area (Å²) in [5, 5.41) is 11.7. The molecule has 2 aliphatic rings. The molecule has 22 heavy (non-hydrogen) atoms. The lowest BCUT2D eigenvalue weighted by molar-refractivity contribution is 0.0744. The van der Waals surface area contributed by atoms with Crippen LogP contribution in [0.2, 0.25) is 0 Å². The highest BCUT2D eigenvalue weighted by atomic mass is 79.9. The molecule has 5 nitrogen and oxygen atoms in total. The number of rotatable bonds is 1. The lowest BCUT2D eigenvalue weighted by atomic mass is 10.1. The number of fused-ring (bicyclic) bond motifs is 3. The highest BCUT2D eigenvalue weighted by Gasteiger charge is 2.32. The van der Waals surface area contributed by atoms with Crippen molar-refractivity contribution in [2.45, 2.75) is 31.3 Å². The fourth-order valence-corrected chi connectivity index (χ4v) is 3.79. The van der Waals surface area contributed by atoms with Crippen molar-refractivity contribution in [2.75, 3.05) is 13.1 Å². The number of halogens is 2. The van der Waals surface area contributed by atoms with Crippen molar-refractivity contribution < 1.29 is 4.79 Å². The third-order valence-corrected chi connectivity index (χ3v) is 5.03. The summed E-state index contributed by atoms with van der Waals surface area (Å²) in [6.45, 7) is 1.60. The second-order valence-electron chi connectivity index (χ2n) is 5.94. The minimum atomic E-state index is 0. The second kappa shape index (κ2) is 6.18. The number of nitrogens with one attached hydrogen (secondary N) is 2. The highest BCUT2D eigenvalue weighted by molar-refractivity contribution is 9.10. The standard InChI is InChI=1S/C15H17BrN4O.ClH/c16-9-1-4-13-12(7-9)14(19-18-13)15(21)20-6-5-10-2-3-11(8-20)17-10;/h1,4,7,10-11,17H,2-3,5-6,8H2,(H,18,19);1H. The quantitative estimate of drug-likeness (QED) is 0.793. The van der Waals surface area contributed by atoms with Gasteiger partial charge in [0.2, 0.25) is 0 Å². The van der Waals surface area contributed by atoms with Crippen LogP contribution in [0, 0.1) is 0 Å². The number of amides is 1. The average Bonchev–Trinajstić information content (AvgIpc) is 3.01. The molecule has 118 valence electrons. The van der Waals surface area contributed by atoms with Gasteiger partial charge in [-0.25, -0.2) is 0 Å². The zero-order valence-corrected chi connectivity index (χ0v) is 14.4. The minimum Gasteiger partial charge on any atom is -0.336 e. The molecular formula is C15H18BrClN4O. The smallest absolute Gasteiger partial charge is 0.275 e. The Kier molecular flexibility index (Phi) is 4.43. The first kappa shape index (κ1) is 15.8. The molecule has 4 rings (SSSR count). The van der Waals surface area contributed by atoms with Crippen molar-refractivity contribution in [3.63, 3.8) is 0 Å². The number of benzene rings is 1. The first-order chi connectivity index (χ1) is 10.2. The van der Waals surface area contributed by atoms with E-state index in [0.29, 0.717) is 17.8 Å². The summed E-state index contributed by atoms with van der Waals surface area (Å²) in [6, 6.07) is 6.86. The van der Waals surface area contributed by atoms with Crippen molar-refractivity contribution in [1.29, 1.82) is 0 Å². The van der Waals surface area contributed by atoms with E-state index in [-0.39, 0.29) is 18.3 Å². The van der Waals surface area contributed by atoms with Crippen molar-refractivity contribution >= 4 is 45.1 Å². The van der Waals surface area contributed by atoms with Gasteiger partial charge in [0, 0.05) is 35.0 Å². The number of aromatic nitrogens is 2. The summed E-state index contributed by atoms with van der Waals surface area (Å²) in [6.07, 6.45) is 3.45. The zero-order chi connectivity index (χ0) is 14.4. The van der Waals surface area contributed by atoms with E-state index in [1.54, 1.807) is 0 Å². The second-order valence-corrected chi connectivity index (χ2v) is 6.86. The first-order valence-electron chi connectivity index (χ1n) is 7.39. The largest absolute Gasteiger partial charge is 0.336 e. The highest BCUT2D eigenvalue weighted by Crippen LogP contribution is 2.25. The number of hydrogen-bond donors (Lipinski definition) is 2. The van der Waals surface area contributed by atoms with Gasteiger partial charge in [-0.1, -0.05) is 15.9 Å². The van der Waals surface area contributed by atoms with Crippen LogP contribution >= 0.6 is 28.3 Å². The van der Waals surface area contributed by atoms with Crippen LogP contribution in [0.15, 0.2) is 22.7 Å². The number of hydrogen-bond acceptors (Lipinski definition) is 3. The lowest BCUT2D eigenvalue weighted by Crippen LogP contribution is -2.39. The lowest BCUT2D eigenvalue weighted by Gasteiger charge is -2.23. The zero-order valence-electron chi connectivity index (χ0n) is 12.0. The van der Waals surface area contributed by atoms with Crippen LogP contribution < -0.4 is 5.32 Å². The average molecular weight is 386 g/mol. The molecule has 0 spiro atoms. The van der Waals surface area contributed by atoms with Crippen molar-refractivity contribution in [1.82, 2.24) is 20.4 Å². The Labute approximate surface area is 143 Å². The maximum Gasteiger partial charge on any atom is 0.275 e. The number of carbonyl (C=O) groups is 1. The maximum absolute atomic E-state index is 12.8. The van der Waals surface area contributed by atoms with Crippen LogP contribution in [0.1, 0.15) is 29.8 Å². The molecule has 2 unspecified atom stereocenters. The molecular weight excluding hydrogens is 368 g/mol. The molecule has 2 N–H and O–H groups in total. The predicted octanol–water partition coefficient (Wildman–Crippen LogP) is 2.71. The molecule has 2 atom stereocenters. The summed E-state index contributed by atoms with van der Waals surface area (Å²) < 4.78 is 0.960. The Bertz CT molecular complexity index is 704. The molecule has 0 aliphatic carbocycles. The molecule has 1 amide bonds. The molecule has 1 aromatic carbocycles. The summed E-state index contributed by atoms with van der Waals surface area (Å²) in [5.74, 6) is 0.0358. The molecule has 7 heteroatoms. The van der Waals surface area contributed by atoms with E-state index in [0.717, 1.165) is 34.9 Å². The monoisotopic (exact) mass is 384 g/mol. The van der Waals surface area contributed by atoms with E-state index in [4.69, 9.17) is 0 Å². The molecule has 3 heterocycles. The van der Waals surface area contributed by atoms with Gasteiger partial charge in [-0.15, -0.1) is 12.4 Å². The molecule has 2 fully saturated rings. The van der Waals surface area contributed by atoms with E-state index in [1.165, 1.54) is 12.8 Å². The van der Waals surface area contributed by atoms with Gasteiger partial charge in [0.1, 0.15) is 0 Å². The third kappa shape index (κ3) is 2.75. The molecule has 2 saturated heterocycles. The van der Waals surface area contributed by atoms with Crippen LogP contribution in [0.3, 0.4) is 0 Å². The third-order valence-electron chi connectivity index (χ3n) is 4.54. The van der Waals surface area contributed by atoms with E-state index >= 15 is 0 Å². The molecule has 1 aromatic heterocycles. The summed E-state index contributed by atoms with van der Waals surface area (Å²) >= 11 is 3.46. The van der Waals surface area contributed by atoms with Gasteiger partial charge in [0.25, 0.3) is 5.91 Å². The number of carbonyl (C=O) groups excluding carboxylic acids is 1. The minimum absolute atomic E-state index is 0. The molecule has 0 radical (unpaired) electrons. The van der Waals surface area contributed by atoms with Gasteiger partial charge in [-0.2, -0.15) is 5.10 Å². The Morgan fingerprint density at radius 3 is 2.95 bits per heavy atom. The van der Waals surface area contributed by atoms with Crippen LogP contribution in [0.5, 0.6) is 0 Å². The fraction of sp³-hybridized carbons (Fsp3) is 0.467. The van der Waals surface area contributed by atoms with E-state index in [1.807, 2.05) is 23.1 Å². The van der Waals surface area contributed by atoms with Crippen LogP contribution in [-0.4, -0.2) is 46.2 Å². The van der Waals surface area contributed by atoms with Crippen LogP contribution in [0.25, 0.3) is 10.9 Å². The number of nitrogens with zero attached hydrogens (tertiary/aromatic N) is 2. The van der Waals surface area contributed by atoms with E-state index in [9.17, 15) is 4.79 Å². The number of likely N-dealkylation sites (tertiary alicyclic amines) is 1. The van der Waals surface area contributed by atoms with Gasteiger partial charge in [0.05, 0.1) is 5.52 Å². The fourth-order valence-electron chi connectivity index (χ4n) is 3.43. The van der Waals surface area contributed by atoms with Crippen molar-refractivity contribution in [2.24, 2.45) is 0 Å². The SMILES string of the molecule is Cl.O=C(c1n[nH]c2ccc(Br)cc12)N1CCC2CCC(C1)N2. The van der Waals surface area contributed by atoms with Crippen molar-refractivity contribution in [3.8, 4) is 0 Å². The predicted molar refractivity (Wildman–Crippen MR) is 91.5 cm³/mol. The van der Waals surface area contributed by atoms with Gasteiger partial charge in [0.15, 0.2) is 5.69 Å². The van der Waals surface area contributed by atoms with Gasteiger partial charge >= 0.3 is 0 Å². The Balaban J connectivity index is 0.00000144.